The lowest BCUT2D eigenvalue weighted by Gasteiger charge is -2.24. The number of halogens is 1. The average Bonchev–Trinajstić information content (AvgIpc) is 3.38. The van der Waals surface area contributed by atoms with Crippen molar-refractivity contribution in [3.8, 4) is 0 Å². The second-order valence-corrected chi connectivity index (χ2v) is 9.50. The summed E-state index contributed by atoms with van der Waals surface area (Å²) in [4.78, 5) is 7.57. The number of nitrogens with one attached hydrogen (secondary N) is 3. The predicted molar refractivity (Wildman–Crippen MR) is 128 cm³/mol. The van der Waals surface area contributed by atoms with Gasteiger partial charge in [-0.1, -0.05) is 25.0 Å². The molecule has 0 aromatic heterocycles. The summed E-state index contributed by atoms with van der Waals surface area (Å²) in [6, 6.07) is 8.11. The largest absolute Gasteiger partial charge is 0.357 e. The molecule has 1 saturated heterocycles. The summed E-state index contributed by atoms with van der Waals surface area (Å²) in [7, 11) is -2.02. The van der Waals surface area contributed by atoms with E-state index in [0.717, 1.165) is 43.6 Å². The smallest absolute Gasteiger partial charge is 0.240 e. The van der Waals surface area contributed by atoms with Crippen LogP contribution >= 0.6 is 24.0 Å². The van der Waals surface area contributed by atoms with Gasteiger partial charge in [-0.2, -0.15) is 0 Å². The zero-order valence-electron chi connectivity index (χ0n) is 17.4. The molecule has 1 aromatic carbocycles. The van der Waals surface area contributed by atoms with Crippen LogP contribution in [0.25, 0.3) is 0 Å². The number of benzene rings is 1. The number of aliphatic imine (C=N–C) groups is 1. The van der Waals surface area contributed by atoms with Crippen molar-refractivity contribution in [3.05, 3.63) is 29.8 Å². The van der Waals surface area contributed by atoms with Crippen LogP contribution in [0.4, 0.5) is 0 Å². The van der Waals surface area contributed by atoms with Gasteiger partial charge in [0.1, 0.15) is 0 Å². The van der Waals surface area contributed by atoms with Crippen molar-refractivity contribution in [2.45, 2.75) is 62.6 Å². The molecule has 0 spiro atoms. The van der Waals surface area contributed by atoms with E-state index in [9.17, 15) is 8.42 Å². The van der Waals surface area contributed by atoms with Gasteiger partial charge in [0.15, 0.2) is 5.96 Å². The molecule has 1 heterocycles. The first-order valence-electron chi connectivity index (χ1n) is 10.3. The second kappa shape index (κ2) is 11.5. The first kappa shape index (κ1) is 24.4. The van der Waals surface area contributed by atoms with Gasteiger partial charge in [-0.3, -0.25) is 4.90 Å². The van der Waals surface area contributed by atoms with E-state index in [0.29, 0.717) is 12.6 Å². The summed E-state index contributed by atoms with van der Waals surface area (Å²) in [5.74, 6) is 0.794. The van der Waals surface area contributed by atoms with Crippen LogP contribution in [0, 0.1) is 0 Å². The van der Waals surface area contributed by atoms with Gasteiger partial charge in [0.2, 0.25) is 10.0 Å². The number of guanidine groups is 1. The van der Waals surface area contributed by atoms with E-state index in [4.69, 9.17) is 0 Å². The molecule has 1 aromatic rings. The molecule has 3 N–H and O–H groups in total. The van der Waals surface area contributed by atoms with E-state index < -0.39 is 10.0 Å². The van der Waals surface area contributed by atoms with E-state index in [2.05, 4.69) is 32.2 Å². The molecule has 0 amide bonds. The Morgan fingerprint density at radius 1 is 1.24 bits per heavy atom. The van der Waals surface area contributed by atoms with Gasteiger partial charge in [-0.15, -0.1) is 24.0 Å². The van der Waals surface area contributed by atoms with Crippen molar-refractivity contribution in [1.82, 2.24) is 20.3 Å². The summed E-state index contributed by atoms with van der Waals surface area (Å²) < 4.78 is 26.3. The van der Waals surface area contributed by atoms with E-state index in [1.165, 1.54) is 32.7 Å². The van der Waals surface area contributed by atoms with Crippen molar-refractivity contribution in [2.24, 2.45) is 4.99 Å². The van der Waals surface area contributed by atoms with E-state index in [1.807, 2.05) is 6.07 Å². The fourth-order valence-electron chi connectivity index (χ4n) is 4.12. The molecule has 29 heavy (non-hydrogen) atoms. The Hall–Kier alpha value is -0.910. The molecule has 1 aliphatic carbocycles. The highest BCUT2D eigenvalue weighted by Gasteiger charge is 2.30. The number of hydrogen-bond acceptors (Lipinski definition) is 4. The summed E-state index contributed by atoms with van der Waals surface area (Å²) >= 11 is 0. The number of sulfonamides is 1. The van der Waals surface area contributed by atoms with Crippen LogP contribution in [-0.2, 0) is 16.6 Å². The van der Waals surface area contributed by atoms with Gasteiger partial charge < -0.3 is 10.6 Å². The monoisotopic (exact) mass is 535 g/mol. The molecule has 1 aliphatic heterocycles. The van der Waals surface area contributed by atoms with Crippen molar-refractivity contribution in [1.29, 1.82) is 0 Å². The summed E-state index contributed by atoms with van der Waals surface area (Å²) in [6.07, 6.45) is 6.55. The fraction of sp³-hybridized carbons (Fsp3) is 0.650. The summed E-state index contributed by atoms with van der Waals surface area (Å²) in [6.45, 7) is 5.51. The van der Waals surface area contributed by atoms with Crippen molar-refractivity contribution >= 4 is 40.0 Å². The Morgan fingerprint density at radius 3 is 2.69 bits per heavy atom. The fourth-order valence-corrected chi connectivity index (χ4v) is 4.92. The second-order valence-electron chi connectivity index (χ2n) is 7.61. The lowest BCUT2D eigenvalue weighted by Crippen LogP contribution is -2.45. The molecule has 3 rings (SSSR count). The summed E-state index contributed by atoms with van der Waals surface area (Å²) in [5, 5.41) is 6.87. The Balaban J connectivity index is 0.00000300. The first-order chi connectivity index (χ1) is 13.5. The van der Waals surface area contributed by atoms with Gasteiger partial charge >= 0.3 is 0 Å². The Labute approximate surface area is 192 Å². The maximum Gasteiger partial charge on any atom is 0.240 e. The highest BCUT2D eigenvalue weighted by atomic mass is 127. The third-order valence-corrected chi connectivity index (χ3v) is 7.06. The van der Waals surface area contributed by atoms with Gasteiger partial charge in [0.05, 0.1) is 11.4 Å². The molecule has 2 aliphatic rings. The topological polar surface area (TPSA) is 85.8 Å². The standard InChI is InChI=1S/C20H33N5O2S.HI/c1-3-22-20(24-17-11-12-25(15-17)18-8-4-5-9-18)23-14-16-7-6-10-19(13-16)28(26,27)21-2;/h6-7,10,13,17-18,21H,3-5,8-9,11-12,14-15H2,1-2H3,(H2,22,23,24);1H. The minimum Gasteiger partial charge on any atom is -0.357 e. The quantitative estimate of drug-likeness (QED) is 0.284. The highest BCUT2D eigenvalue weighted by molar-refractivity contribution is 14.0. The van der Waals surface area contributed by atoms with E-state index in [1.54, 1.807) is 18.2 Å². The average molecular weight is 535 g/mol. The third kappa shape index (κ3) is 6.80. The Kier molecular flexibility index (Phi) is 9.64. The molecule has 164 valence electrons. The normalized spacial score (nSPS) is 21.2. The number of nitrogens with zero attached hydrogens (tertiary/aromatic N) is 2. The minimum atomic E-state index is -3.44. The van der Waals surface area contributed by atoms with Gasteiger partial charge in [-0.05, 0) is 50.9 Å². The van der Waals surface area contributed by atoms with E-state index >= 15 is 0 Å². The Bertz CT molecular complexity index is 781. The molecule has 1 unspecified atom stereocenters. The van der Waals surface area contributed by atoms with Crippen LogP contribution in [-0.4, -0.2) is 58.0 Å². The van der Waals surface area contributed by atoms with Gasteiger partial charge in [0, 0.05) is 31.7 Å². The van der Waals surface area contributed by atoms with Crippen LogP contribution in [0.1, 0.15) is 44.6 Å². The number of likely N-dealkylation sites (tertiary alicyclic amines) is 1. The molecule has 1 saturated carbocycles. The molecule has 0 bridgehead atoms. The SMILES string of the molecule is CCNC(=NCc1cccc(S(=O)(=O)NC)c1)NC1CCN(C2CCCC2)C1.I. The van der Waals surface area contributed by atoms with Crippen LogP contribution in [0.3, 0.4) is 0 Å². The van der Waals surface area contributed by atoms with Crippen LogP contribution in [0.5, 0.6) is 0 Å². The maximum atomic E-state index is 12.0. The number of rotatable bonds is 7. The zero-order chi connectivity index (χ0) is 20.0. The molecular formula is C20H34IN5O2S. The third-order valence-electron chi connectivity index (χ3n) is 5.64. The lowest BCUT2D eigenvalue weighted by atomic mass is 10.2. The predicted octanol–water partition coefficient (Wildman–Crippen LogP) is 2.28. The minimum absolute atomic E-state index is 0. The van der Waals surface area contributed by atoms with Gasteiger partial charge in [-0.25, -0.2) is 18.1 Å². The van der Waals surface area contributed by atoms with Crippen molar-refractivity contribution < 1.29 is 8.42 Å². The molecule has 0 radical (unpaired) electrons. The zero-order valence-corrected chi connectivity index (χ0v) is 20.5. The van der Waals surface area contributed by atoms with Crippen molar-refractivity contribution in [3.63, 3.8) is 0 Å². The van der Waals surface area contributed by atoms with Crippen LogP contribution < -0.4 is 15.4 Å². The van der Waals surface area contributed by atoms with Crippen LogP contribution in [0.2, 0.25) is 0 Å². The molecule has 2 fully saturated rings. The maximum absolute atomic E-state index is 12.0. The molecule has 1 atom stereocenters. The molecule has 7 nitrogen and oxygen atoms in total. The lowest BCUT2D eigenvalue weighted by molar-refractivity contribution is 0.242. The Morgan fingerprint density at radius 2 is 2.00 bits per heavy atom. The number of hydrogen-bond donors (Lipinski definition) is 3. The van der Waals surface area contributed by atoms with Gasteiger partial charge in [0.25, 0.3) is 0 Å². The molecule has 9 heteroatoms. The molecular weight excluding hydrogens is 501 g/mol. The highest BCUT2D eigenvalue weighted by Crippen LogP contribution is 2.26. The van der Waals surface area contributed by atoms with Crippen LogP contribution in [0.15, 0.2) is 34.2 Å². The van der Waals surface area contributed by atoms with Crippen molar-refractivity contribution in [2.75, 3.05) is 26.7 Å². The summed E-state index contributed by atoms with van der Waals surface area (Å²) in [5.41, 5.74) is 0.868. The first-order valence-corrected chi connectivity index (χ1v) is 11.8. The van der Waals surface area contributed by atoms with E-state index in [-0.39, 0.29) is 28.9 Å².